The van der Waals surface area contributed by atoms with Crippen LogP contribution in [0.3, 0.4) is 0 Å². The SMILES string of the molecule is CCCCCCCC=CCC(C=O)CCN(C)C. The fourth-order valence-corrected chi connectivity index (χ4v) is 1.92. The second-order valence-electron chi connectivity index (χ2n) is 5.40. The number of allylic oxidation sites excluding steroid dienone is 2. The number of nitrogens with zero attached hydrogens (tertiary/aromatic N) is 1. The molecular weight excluding hydrogens is 222 g/mol. The molecule has 0 spiro atoms. The number of rotatable bonds is 12. The minimum Gasteiger partial charge on any atom is -0.309 e. The zero-order valence-corrected chi connectivity index (χ0v) is 12.5. The van der Waals surface area contributed by atoms with Crippen LogP contribution in [0.1, 0.15) is 58.3 Å². The first-order valence-electron chi connectivity index (χ1n) is 7.45. The van der Waals surface area contributed by atoms with Gasteiger partial charge in [0.15, 0.2) is 0 Å². The zero-order valence-electron chi connectivity index (χ0n) is 12.5. The number of aldehydes is 1. The Morgan fingerprint density at radius 1 is 1.06 bits per heavy atom. The lowest BCUT2D eigenvalue weighted by Crippen LogP contribution is -2.17. The molecule has 0 aromatic rings. The Labute approximate surface area is 113 Å². The van der Waals surface area contributed by atoms with Crippen molar-refractivity contribution in [2.45, 2.75) is 58.3 Å². The molecule has 0 aromatic heterocycles. The normalized spacial score (nSPS) is 13.3. The number of hydrogen-bond donors (Lipinski definition) is 0. The van der Waals surface area contributed by atoms with E-state index in [1.54, 1.807) is 0 Å². The molecule has 106 valence electrons. The molecule has 0 aliphatic carbocycles. The molecule has 0 N–H and O–H groups in total. The van der Waals surface area contributed by atoms with E-state index in [1.807, 2.05) is 14.1 Å². The Morgan fingerprint density at radius 2 is 1.78 bits per heavy atom. The van der Waals surface area contributed by atoms with Crippen LogP contribution >= 0.6 is 0 Å². The third-order valence-electron chi connectivity index (χ3n) is 3.22. The highest BCUT2D eigenvalue weighted by Gasteiger charge is 2.05. The first-order valence-corrected chi connectivity index (χ1v) is 7.45. The Balaban J connectivity index is 3.49. The summed E-state index contributed by atoms with van der Waals surface area (Å²) in [7, 11) is 4.10. The van der Waals surface area contributed by atoms with Crippen LogP contribution in [0.5, 0.6) is 0 Å². The van der Waals surface area contributed by atoms with Crippen molar-refractivity contribution in [2.75, 3.05) is 20.6 Å². The van der Waals surface area contributed by atoms with Crippen molar-refractivity contribution in [1.82, 2.24) is 4.90 Å². The molecule has 1 unspecified atom stereocenters. The van der Waals surface area contributed by atoms with Crippen LogP contribution in [0, 0.1) is 5.92 Å². The Morgan fingerprint density at radius 3 is 2.39 bits per heavy atom. The molecule has 2 heteroatoms. The first kappa shape index (κ1) is 17.4. The van der Waals surface area contributed by atoms with Crippen LogP contribution in [-0.2, 0) is 4.79 Å². The van der Waals surface area contributed by atoms with Crippen LogP contribution in [0.25, 0.3) is 0 Å². The molecule has 0 rings (SSSR count). The van der Waals surface area contributed by atoms with Gasteiger partial charge in [-0.3, -0.25) is 0 Å². The van der Waals surface area contributed by atoms with E-state index in [9.17, 15) is 4.79 Å². The number of carbonyl (C=O) groups is 1. The fraction of sp³-hybridized carbons (Fsp3) is 0.812. The minimum atomic E-state index is 0.198. The highest BCUT2D eigenvalue weighted by Crippen LogP contribution is 2.09. The van der Waals surface area contributed by atoms with Crippen molar-refractivity contribution < 1.29 is 4.79 Å². The summed E-state index contributed by atoms with van der Waals surface area (Å²) >= 11 is 0. The zero-order chi connectivity index (χ0) is 13.6. The molecule has 0 aliphatic heterocycles. The van der Waals surface area contributed by atoms with Crippen molar-refractivity contribution in [3.8, 4) is 0 Å². The third kappa shape index (κ3) is 11.8. The standard InChI is InChI=1S/C16H31NO/c1-4-5-6-7-8-9-10-11-12-16(15-18)13-14-17(2)3/h10-11,15-16H,4-9,12-14H2,1-3H3. The largest absolute Gasteiger partial charge is 0.309 e. The lowest BCUT2D eigenvalue weighted by Gasteiger charge is -2.12. The van der Waals surface area contributed by atoms with Gasteiger partial charge in [0.2, 0.25) is 0 Å². The van der Waals surface area contributed by atoms with E-state index in [4.69, 9.17) is 0 Å². The van der Waals surface area contributed by atoms with Gasteiger partial charge in [0.05, 0.1) is 0 Å². The summed E-state index contributed by atoms with van der Waals surface area (Å²) in [6.45, 7) is 3.24. The molecule has 18 heavy (non-hydrogen) atoms. The summed E-state index contributed by atoms with van der Waals surface area (Å²) < 4.78 is 0. The smallest absolute Gasteiger partial charge is 0.123 e. The minimum absolute atomic E-state index is 0.198. The molecular formula is C16H31NO. The third-order valence-corrected chi connectivity index (χ3v) is 3.22. The van der Waals surface area contributed by atoms with E-state index >= 15 is 0 Å². The second kappa shape index (κ2) is 12.8. The van der Waals surface area contributed by atoms with Gasteiger partial charge in [-0.1, -0.05) is 44.8 Å². The van der Waals surface area contributed by atoms with Crippen molar-refractivity contribution in [3.05, 3.63) is 12.2 Å². The van der Waals surface area contributed by atoms with Crippen molar-refractivity contribution in [3.63, 3.8) is 0 Å². The topological polar surface area (TPSA) is 20.3 Å². The van der Waals surface area contributed by atoms with Crippen LogP contribution < -0.4 is 0 Å². The number of unbranched alkanes of at least 4 members (excludes halogenated alkanes) is 5. The summed E-state index contributed by atoms with van der Waals surface area (Å²) in [4.78, 5) is 13.0. The number of carbonyl (C=O) groups excluding carboxylic acids is 1. The summed E-state index contributed by atoms with van der Waals surface area (Å²) in [6, 6.07) is 0. The summed E-state index contributed by atoms with van der Waals surface area (Å²) in [5, 5.41) is 0. The van der Waals surface area contributed by atoms with Crippen LogP contribution in [0.2, 0.25) is 0 Å². The first-order chi connectivity index (χ1) is 8.70. The van der Waals surface area contributed by atoms with Crippen LogP contribution in [0.15, 0.2) is 12.2 Å². The summed E-state index contributed by atoms with van der Waals surface area (Å²) in [5.41, 5.74) is 0. The maximum Gasteiger partial charge on any atom is 0.123 e. The Bertz CT molecular complexity index is 211. The molecule has 0 amide bonds. The van der Waals surface area contributed by atoms with Gasteiger partial charge < -0.3 is 9.69 Å². The molecule has 0 saturated carbocycles. The van der Waals surface area contributed by atoms with E-state index in [2.05, 4.69) is 24.0 Å². The molecule has 0 aliphatic rings. The molecule has 0 aromatic carbocycles. The van der Waals surface area contributed by atoms with Gasteiger partial charge in [-0.05, 0) is 46.3 Å². The Hall–Kier alpha value is -0.630. The summed E-state index contributed by atoms with van der Waals surface area (Å²) in [5.74, 6) is 0.198. The molecule has 1 atom stereocenters. The van der Waals surface area contributed by atoms with Crippen LogP contribution in [-0.4, -0.2) is 31.8 Å². The predicted octanol–water partition coefficient (Wildman–Crippen LogP) is 4.06. The maximum absolute atomic E-state index is 10.9. The lowest BCUT2D eigenvalue weighted by molar-refractivity contribution is -0.111. The molecule has 0 saturated heterocycles. The second-order valence-corrected chi connectivity index (χ2v) is 5.40. The fourth-order valence-electron chi connectivity index (χ4n) is 1.92. The van der Waals surface area contributed by atoms with E-state index in [0.29, 0.717) is 0 Å². The molecule has 2 nitrogen and oxygen atoms in total. The van der Waals surface area contributed by atoms with Crippen LogP contribution in [0.4, 0.5) is 0 Å². The van der Waals surface area contributed by atoms with Gasteiger partial charge in [-0.15, -0.1) is 0 Å². The molecule has 0 fully saturated rings. The van der Waals surface area contributed by atoms with E-state index < -0.39 is 0 Å². The van der Waals surface area contributed by atoms with Crippen molar-refractivity contribution >= 4 is 6.29 Å². The van der Waals surface area contributed by atoms with Gasteiger partial charge in [-0.2, -0.15) is 0 Å². The molecule has 0 heterocycles. The highest BCUT2D eigenvalue weighted by molar-refractivity contribution is 5.53. The number of hydrogen-bond acceptors (Lipinski definition) is 2. The van der Waals surface area contributed by atoms with Crippen molar-refractivity contribution in [2.24, 2.45) is 5.92 Å². The summed E-state index contributed by atoms with van der Waals surface area (Å²) in [6.07, 6.45) is 15.3. The average Bonchev–Trinajstić information content (AvgIpc) is 2.36. The predicted molar refractivity (Wildman–Crippen MR) is 79.9 cm³/mol. The highest BCUT2D eigenvalue weighted by atomic mass is 16.1. The molecule has 0 radical (unpaired) electrons. The Kier molecular flexibility index (Phi) is 12.4. The van der Waals surface area contributed by atoms with Gasteiger partial charge in [0.1, 0.15) is 6.29 Å². The van der Waals surface area contributed by atoms with E-state index in [0.717, 1.165) is 25.7 Å². The van der Waals surface area contributed by atoms with Gasteiger partial charge in [0.25, 0.3) is 0 Å². The van der Waals surface area contributed by atoms with Crippen molar-refractivity contribution in [1.29, 1.82) is 0 Å². The molecule has 0 bridgehead atoms. The van der Waals surface area contributed by atoms with E-state index in [-0.39, 0.29) is 5.92 Å². The van der Waals surface area contributed by atoms with Gasteiger partial charge >= 0.3 is 0 Å². The maximum atomic E-state index is 10.9. The van der Waals surface area contributed by atoms with Gasteiger partial charge in [0, 0.05) is 5.92 Å². The quantitative estimate of drug-likeness (QED) is 0.297. The van der Waals surface area contributed by atoms with E-state index in [1.165, 1.54) is 38.5 Å². The average molecular weight is 253 g/mol. The monoisotopic (exact) mass is 253 g/mol. The lowest BCUT2D eigenvalue weighted by atomic mass is 10.0. The van der Waals surface area contributed by atoms with Gasteiger partial charge in [-0.25, -0.2) is 0 Å².